The van der Waals surface area contributed by atoms with E-state index in [-0.39, 0.29) is 30.3 Å². The first-order valence-electron chi connectivity index (χ1n) is 9.64. The standard InChI is InChI=1S/C20H20N4O5S/c25-19(7-16-3-1-2-4-21-16)23-10-14-12-24(13-15(14)11-23)30(26,27)17-8-18-20(22-9-17)29-6-5-28-18/h1-4,8-9H,5-7,10-13H2. The van der Waals surface area contributed by atoms with E-state index >= 15 is 0 Å². The summed E-state index contributed by atoms with van der Waals surface area (Å²) in [6.07, 6.45) is 3.21. The first-order chi connectivity index (χ1) is 14.5. The number of sulfonamides is 1. The summed E-state index contributed by atoms with van der Waals surface area (Å²) in [7, 11) is -3.72. The van der Waals surface area contributed by atoms with Crippen molar-refractivity contribution in [3.8, 4) is 11.6 Å². The van der Waals surface area contributed by atoms with E-state index in [1.54, 1.807) is 11.1 Å². The molecule has 0 atom stereocenters. The number of aromatic nitrogens is 2. The van der Waals surface area contributed by atoms with Gasteiger partial charge in [0.25, 0.3) is 5.88 Å². The molecule has 156 valence electrons. The van der Waals surface area contributed by atoms with Gasteiger partial charge in [-0.25, -0.2) is 13.4 Å². The fraction of sp³-hybridized carbons (Fsp3) is 0.350. The van der Waals surface area contributed by atoms with E-state index in [1.165, 1.54) is 16.6 Å². The van der Waals surface area contributed by atoms with Crippen LogP contribution in [-0.4, -0.2) is 72.9 Å². The van der Waals surface area contributed by atoms with Crippen LogP contribution in [-0.2, 0) is 21.2 Å². The lowest BCUT2D eigenvalue weighted by Crippen LogP contribution is -2.37. The zero-order chi connectivity index (χ0) is 20.7. The van der Waals surface area contributed by atoms with Crippen molar-refractivity contribution >= 4 is 15.9 Å². The highest BCUT2D eigenvalue weighted by Crippen LogP contribution is 2.33. The van der Waals surface area contributed by atoms with Gasteiger partial charge in [-0.1, -0.05) is 6.07 Å². The quantitative estimate of drug-likeness (QED) is 0.659. The Morgan fingerprint density at radius 1 is 1.03 bits per heavy atom. The Morgan fingerprint density at radius 3 is 2.53 bits per heavy atom. The number of amides is 1. The van der Waals surface area contributed by atoms with E-state index in [0.717, 1.165) is 16.8 Å². The molecule has 0 bridgehead atoms. The molecule has 0 radical (unpaired) electrons. The molecule has 0 fully saturated rings. The third-order valence-corrected chi connectivity index (χ3v) is 7.18. The van der Waals surface area contributed by atoms with Gasteiger partial charge < -0.3 is 14.4 Å². The number of carbonyl (C=O) groups is 1. The Balaban J connectivity index is 1.25. The number of hydrogen-bond acceptors (Lipinski definition) is 7. The minimum atomic E-state index is -3.72. The number of hydrogen-bond donors (Lipinski definition) is 0. The highest BCUT2D eigenvalue weighted by molar-refractivity contribution is 7.89. The summed E-state index contributed by atoms with van der Waals surface area (Å²) in [6, 6.07) is 6.95. The number of rotatable bonds is 4. The third kappa shape index (κ3) is 3.41. The van der Waals surface area contributed by atoms with Gasteiger partial charge in [-0.15, -0.1) is 0 Å². The van der Waals surface area contributed by atoms with Crippen LogP contribution in [0.2, 0.25) is 0 Å². The molecule has 10 heteroatoms. The Morgan fingerprint density at radius 2 is 1.80 bits per heavy atom. The number of pyridine rings is 2. The third-order valence-electron chi connectivity index (χ3n) is 5.42. The van der Waals surface area contributed by atoms with Crippen molar-refractivity contribution in [2.75, 3.05) is 39.4 Å². The molecule has 0 saturated carbocycles. The molecular weight excluding hydrogens is 408 g/mol. The smallest absolute Gasteiger partial charge is 0.257 e. The highest BCUT2D eigenvalue weighted by atomic mass is 32.2. The molecule has 9 nitrogen and oxygen atoms in total. The van der Waals surface area contributed by atoms with E-state index in [9.17, 15) is 13.2 Å². The lowest BCUT2D eigenvalue weighted by atomic mass is 10.2. The second-order valence-electron chi connectivity index (χ2n) is 7.40. The van der Waals surface area contributed by atoms with E-state index < -0.39 is 10.0 Å². The van der Waals surface area contributed by atoms with Crippen molar-refractivity contribution in [1.82, 2.24) is 19.2 Å². The van der Waals surface area contributed by atoms with Gasteiger partial charge in [0.1, 0.15) is 18.1 Å². The molecule has 0 saturated heterocycles. The topological polar surface area (TPSA) is 102 Å². The van der Waals surface area contributed by atoms with Crippen molar-refractivity contribution in [3.63, 3.8) is 0 Å². The number of ether oxygens (including phenoxy) is 2. The van der Waals surface area contributed by atoms with Crippen LogP contribution in [0.1, 0.15) is 5.69 Å². The van der Waals surface area contributed by atoms with Crippen LogP contribution in [0.3, 0.4) is 0 Å². The Bertz CT molecular complexity index is 1120. The molecule has 3 aliphatic heterocycles. The monoisotopic (exact) mass is 428 g/mol. The molecule has 0 unspecified atom stereocenters. The fourth-order valence-corrected chi connectivity index (χ4v) is 5.26. The Kier molecular flexibility index (Phi) is 4.67. The lowest BCUT2D eigenvalue weighted by molar-refractivity contribution is -0.129. The van der Waals surface area contributed by atoms with Crippen LogP contribution in [0, 0.1) is 0 Å². The molecule has 5 rings (SSSR count). The van der Waals surface area contributed by atoms with Gasteiger partial charge in [0.2, 0.25) is 15.9 Å². The zero-order valence-corrected chi connectivity index (χ0v) is 17.0. The first kappa shape index (κ1) is 19.0. The molecule has 5 heterocycles. The molecule has 2 aromatic rings. The number of fused-ring (bicyclic) bond motifs is 1. The molecule has 30 heavy (non-hydrogen) atoms. The van der Waals surface area contributed by atoms with Crippen LogP contribution in [0.5, 0.6) is 11.6 Å². The maximum Gasteiger partial charge on any atom is 0.257 e. The van der Waals surface area contributed by atoms with Crippen molar-refractivity contribution in [2.24, 2.45) is 0 Å². The largest absolute Gasteiger partial charge is 0.484 e. The second-order valence-corrected chi connectivity index (χ2v) is 9.34. The summed E-state index contributed by atoms with van der Waals surface area (Å²) in [5.74, 6) is 0.645. The molecule has 0 N–H and O–H groups in total. The van der Waals surface area contributed by atoms with E-state index in [2.05, 4.69) is 9.97 Å². The van der Waals surface area contributed by atoms with Gasteiger partial charge in [0.05, 0.1) is 12.6 Å². The first-order valence-corrected chi connectivity index (χ1v) is 11.1. The van der Waals surface area contributed by atoms with Gasteiger partial charge in [0.15, 0.2) is 5.75 Å². The second kappa shape index (κ2) is 7.37. The SMILES string of the molecule is O=C(Cc1ccccn1)N1CC2=C(C1)CN(S(=O)(=O)c1cnc3c(c1)OCCO3)C2. The van der Waals surface area contributed by atoms with E-state index in [1.807, 2.05) is 18.2 Å². The summed E-state index contributed by atoms with van der Waals surface area (Å²) in [5.41, 5.74) is 2.70. The van der Waals surface area contributed by atoms with Crippen molar-refractivity contribution in [3.05, 3.63) is 53.5 Å². The highest BCUT2D eigenvalue weighted by Gasteiger charge is 2.38. The maximum atomic E-state index is 13.1. The molecule has 0 aliphatic carbocycles. The Labute approximate surface area is 174 Å². The minimum Gasteiger partial charge on any atom is -0.484 e. The fourth-order valence-electron chi connectivity index (χ4n) is 3.87. The van der Waals surface area contributed by atoms with Crippen molar-refractivity contribution in [1.29, 1.82) is 0 Å². The summed E-state index contributed by atoms with van der Waals surface area (Å²) >= 11 is 0. The summed E-state index contributed by atoms with van der Waals surface area (Å²) in [5, 5.41) is 0. The van der Waals surface area contributed by atoms with Crippen LogP contribution in [0.4, 0.5) is 0 Å². The number of carbonyl (C=O) groups excluding carboxylic acids is 1. The summed E-state index contributed by atoms with van der Waals surface area (Å²) in [4.78, 5) is 22.7. The molecule has 3 aliphatic rings. The van der Waals surface area contributed by atoms with Gasteiger partial charge in [-0.2, -0.15) is 4.31 Å². The molecule has 1 amide bonds. The van der Waals surface area contributed by atoms with E-state index in [4.69, 9.17) is 9.47 Å². The average molecular weight is 428 g/mol. The molecule has 0 spiro atoms. The normalized spacial score (nSPS) is 18.6. The van der Waals surface area contributed by atoms with Crippen molar-refractivity contribution < 1.29 is 22.7 Å². The van der Waals surface area contributed by atoms with Gasteiger partial charge in [0, 0.05) is 44.1 Å². The van der Waals surface area contributed by atoms with Crippen LogP contribution >= 0.6 is 0 Å². The maximum absolute atomic E-state index is 13.1. The predicted molar refractivity (Wildman–Crippen MR) is 106 cm³/mol. The minimum absolute atomic E-state index is 0.00598. The summed E-state index contributed by atoms with van der Waals surface area (Å²) < 4.78 is 38.4. The predicted octanol–water partition coefficient (Wildman–Crippen LogP) is 0.634. The zero-order valence-electron chi connectivity index (χ0n) is 16.2. The number of nitrogens with zero attached hydrogens (tertiary/aromatic N) is 4. The Hall–Kier alpha value is -2.98. The average Bonchev–Trinajstić information content (AvgIpc) is 3.34. The van der Waals surface area contributed by atoms with Crippen LogP contribution in [0.25, 0.3) is 0 Å². The van der Waals surface area contributed by atoms with Gasteiger partial charge >= 0.3 is 0 Å². The van der Waals surface area contributed by atoms with Gasteiger partial charge in [-0.3, -0.25) is 9.78 Å². The molecule has 2 aromatic heterocycles. The van der Waals surface area contributed by atoms with E-state index in [0.29, 0.717) is 37.9 Å². The van der Waals surface area contributed by atoms with Crippen LogP contribution in [0.15, 0.2) is 52.7 Å². The molecular formula is C20H20N4O5S. The molecule has 0 aromatic carbocycles. The van der Waals surface area contributed by atoms with Crippen LogP contribution < -0.4 is 9.47 Å². The lowest BCUT2D eigenvalue weighted by Gasteiger charge is -2.23. The van der Waals surface area contributed by atoms with Crippen molar-refractivity contribution in [2.45, 2.75) is 11.3 Å². The van der Waals surface area contributed by atoms with Gasteiger partial charge in [-0.05, 0) is 23.3 Å². The summed E-state index contributed by atoms with van der Waals surface area (Å²) in [6.45, 7) is 2.21.